The van der Waals surface area contributed by atoms with Crippen molar-refractivity contribution in [1.29, 1.82) is 0 Å². The highest BCUT2D eigenvalue weighted by molar-refractivity contribution is 7.94. The zero-order chi connectivity index (χ0) is 10.6. The third-order valence-electron chi connectivity index (χ3n) is 1.46. The molecule has 1 unspecified atom stereocenters. The molecule has 0 radical (unpaired) electrons. The highest BCUT2D eigenvalue weighted by Gasteiger charge is 2.25. The first kappa shape index (κ1) is 10.8. The Hall–Kier alpha value is -1.30. The predicted octanol–water partition coefficient (Wildman–Crippen LogP) is 0.636. The molecular weight excluding hydrogens is 208 g/mol. The Morgan fingerprint density at radius 3 is 2.86 bits per heavy atom. The van der Waals surface area contributed by atoms with Crippen LogP contribution in [0, 0.1) is 0 Å². The van der Waals surface area contributed by atoms with E-state index in [0.29, 0.717) is 0 Å². The van der Waals surface area contributed by atoms with Gasteiger partial charge in [-0.15, -0.1) is 0 Å². The van der Waals surface area contributed by atoms with E-state index in [1.54, 1.807) is 0 Å². The maximum absolute atomic E-state index is 10.9. The van der Waals surface area contributed by atoms with E-state index < -0.39 is 22.1 Å². The van der Waals surface area contributed by atoms with Crippen LogP contribution in [0.5, 0.6) is 0 Å². The van der Waals surface area contributed by atoms with E-state index >= 15 is 0 Å². The molecule has 0 N–H and O–H groups in total. The monoisotopic (exact) mass is 218 g/mol. The molecule has 0 aliphatic carbocycles. The second-order valence-corrected chi connectivity index (χ2v) is 4.60. The van der Waals surface area contributed by atoms with Crippen LogP contribution in [0.25, 0.3) is 0 Å². The fourth-order valence-electron chi connectivity index (χ4n) is 0.905. The summed E-state index contributed by atoms with van der Waals surface area (Å²) in [5, 5.41) is 1.03. The van der Waals surface area contributed by atoms with Gasteiger partial charge in [-0.05, 0) is 6.08 Å². The number of carbonyl (C=O) groups excluding carboxylic acids is 1. The molecule has 0 aromatic rings. The van der Waals surface area contributed by atoms with Gasteiger partial charge in [0.05, 0.1) is 5.75 Å². The average Bonchev–Trinajstić information content (AvgIpc) is 2.42. The summed E-state index contributed by atoms with van der Waals surface area (Å²) in [5.41, 5.74) is 0. The molecule has 0 amide bonds. The van der Waals surface area contributed by atoms with Gasteiger partial charge >= 0.3 is 6.16 Å². The van der Waals surface area contributed by atoms with E-state index in [2.05, 4.69) is 16.1 Å². The van der Waals surface area contributed by atoms with Gasteiger partial charge < -0.3 is 9.47 Å². The van der Waals surface area contributed by atoms with Gasteiger partial charge in [0.2, 0.25) is 0 Å². The molecule has 78 valence electrons. The minimum absolute atomic E-state index is 0.0437. The number of hydrogen-bond acceptors (Lipinski definition) is 5. The normalized spacial score (nSPS) is 23.0. The summed E-state index contributed by atoms with van der Waals surface area (Å²) in [5.74, 6) is -0.212. The molecule has 5 nitrogen and oxygen atoms in total. The summed E-state index contributed by atoms with van der Waals surface area (Å²) < 4.78 is 31.0. The molecule has 14 heavy (non-hydrogen) atoms. The van der Waals surface area contributed by atoms with E-state index in [0.717, 1.165) is 5.41 Å². The van der Waals surface area contributed by atoms with Gasteiger partial charge in [-0.3, -0.25) is 0 Å². The van der Waals surface area contributed by atoms with E-state index in [-0.39, 0.29) is 12.4 Å². The molecule has 1 rings (SSSR count). The first-order valence-electron chi connectivity index (χ1n) is 3.89. The minimum atomic E-state index is -3.20. The third-order valence-corrected chi connectivity index (χ3v) is 2.83. The molecule has 1 aliphatic rings. The van der Waals surface area contributed by atoms with E-state index in [1.807, 2.05) is 0 Å². The lowest BCUT2D eigenvalue weighted by atomic mass is 10.4. The van der Waals surface area contributed by atoms with Crippen molar-refractivity contribution in [3.63, 3.8) is 0 Å². The molecule has 1 atom stereocenters. The Kier molecular flexibility index (Phi) is 3.29. The largest absolute Gasteiger partial charge is 0.509 e. The van der Waals surface area contributed by atoms with Gasteiger partial charge in [-0.25, -0.2) is 13.2 Å². The molecule has 0 aromatic carbocycles. The summed E-state index contributed by atoms with van der Waals surface area (Å²) in [7, 11) is -3.20. The summed E-state index contributed by atoms with van der Waals surface area (Å²) in [6.45, 7) is 3.39. The number of carbonyl (C=O) groups is 1. The van der Waals surface area contributed by atoms with Crippen LogP contribution in [-0.2, 0) is 19.3 Å². The highest BCUT2D eigenvalue weighted by Crippen LogP contribution is 2.11. The Morgan fingerprint density at radius 1 is 1.64 bits per heavy atom. The molecule has 0 spiro atoms. The molecule has 0 aromatic heterocycles. The van der Waals surface area contributed by atoms with Gasteiger partial charge in [0.25, 0.3) is 0 Å². The van der Waals surface area contributed by atoms with Crippen molar-refractivity contribution in [2.45, 2.75) is 6.10 Å². The molecular formula is C8H10O5S. The highest BCUT2D eigenvalue weighted by atomic mass is 32.2. The van der Waals surface area contributed by atoms with Crippen molar-refractivity contribution in [1.82, 2.24) is 0 Å². The van der Waals surface area contributed by atoms with E-state index in [4.69, 9.17) is 0 Å². The van der Waals surface area contributed by atoms with Gasteiger partial charge in [0, 0.05) is 5.41 Å². The average molecular weight is 218 g/mol. The van der Waals surface area contributed by atoms with Gasteiger partial charge in [-0.1, -0.05) is 12.7 Å². The number of rotatable bonds is 3. The van der Waals surface area contributed by atoms with Crippen LogP contribution in [0.4, 0.5) is 4.79 Å². The molecule has 6 heteroatoms. The maximum Gasteiger partial charge on any atom is 0.509 e. The number of ether oxygens (including phenoxy) is 2. The maximum atomic E-state index is 10.9. The molecule has 1 aliphatic heterocycles. The molecule has 1 heterocycles. The summed E-state index contributed by atoms with van der Waals surface area (Å²) in [6, 6.07) is 0. The predicted molar refractivity (Wildman–Crippen MR) is 49.3 cm³/mol. The van der Waals surface area contributed by atoms with Crippen LogP contribution in [0.2, 0.25) is 0 Å². The Balaban J connectivity index is 2.37. The van der Waals surface area contributed by atoms with Crippen LogP contribution in [0.15, 0.2) is 24.1 Å². The molecule has 0 saturated carbocycles. The van der Waals surface area contributed by atoms with Gasteiger partial charge in [-0.2, -0.15) is 0 Å². The Bertz CT molecular complexity index is 354. The van der Waals surface area contributed by atoms with Crippen molar-refractivity contribution in [3.05, 3.63) is 24.1 Å². The minimum Gasteiger partial charge on any atom is -0.430 e. The van der Waals surface area contributed by atoms with Crippen LogP contribution in [0.1, 0.15) is 0 Å². The van der Waals surface area contributed by atoms with Crippen molar-refractivity contribution in [2.75, 3.05) is 12.4 Å². The van der Waals surface area contributed by atoms with Crippen LogP contribution in [0.3, 0.4) is 0 Å². The number of sulfone groups is 1. The zero-order valence-electron chi connectivity index (χ0n) is 7.38. The topological polar surface area (TPSA) is 69.7 Å². The fourth-order valence-corrected chi connectivity index (χ4v) is 2.07. The molecule has 0 fully saturated rings. The smallest absolute Gasteiger partial charge is 0.430 e. The second kappa shape index (κ2) is 4.28. The van der Waals surface area contributed by atoms with E-state index in [1.165, 1.54) is 12.2 Å². The summed E-state index contributed by atoms with van der Waals surface area (Å²) in [6.07, 6.45) is 1.07. The first-order chi connectivity index (χ1) is 6.53. The number of hydrogen-bond donors (Lipinski definition) is 0. The van der Waals surface area contributed by atoms with Crippen molar-refractivity contribution >= 4 is 16.0 Å². The van der Waals surface area contributed by atoms with Crippen LogP contribution < -0.4 is 0 Å². The van der Waals surface area contributed by atoms with Crippen molar-refractivity contribution in [2.24, 2.45) is 0 Å². The lowest BCUT2D eigenvalue weighted by Gasteiger charge is -2.08. The molecule has 0 bridgehead atoms. The van der Waals surface area contributed by atoms with Crippen LogP contribution in [-0.4, -0.2) is 33.0 Å². The quantitative estimate of drug-likeness (QED) is 0.513. The lowest BCUT2D eigenvalue weighted by molar-refractivity contribution is 0.0507. The van der Waals surface area contributed by atoms with Gasteiger partial charge in [0.1, 0.15) is 12.7 Å². The third kappa shape index (κ3) is 3.21. The van der Waals surface area contributed by atoms with Crippen molar-refractivity contribution in [3.8, 4) is 0 Å². The Labute approximate surface area is 81.9 Å². The van der Waals surface area contributed by atoms with E-state index in [9.17, 15) is 13.2 Å². The van der Waals surface area contributed by atoms with Crippen LogP contribution >= 0.6 is 0 Å². The van der Waals surface area contributed by atoms with Gasteiger partial charge in [0.15, 0.2) is 9.84 Å². The lowest BCUT2D eigenvalue weighted by Crippen LogP contribution is -2.20. The SMILES string of the molecule is C=CCOC(=O)OC1C=CS(=O)(=O)C1. The standard InChI is InChI=1S/C8H10O5S/c1-2-4-12-8(9)13-7-3-5-14(10,11)6-7/h2-3,5,7H,1,4,6H2. The summed E-state index contributed by atoms with van der Waals surface area (Å²) >= 11 is 0. The van der Waals surface area contributed by atoms with Crippen molar-refractivity contribution < 1.29 is 22.7 Å². The first-order valence-corrected chi connectivity index (χ1v) is 5.60. The zero-order valence-corrected chi connectivity index (χ0v) is 8.20. The second-order valence-electron chi connectivity index (χ2n) is 2.66. The Morgan fingerprint density at radius 2 is 2.36 bits per heavy atom. The fraction of sp³-hybridized carbons (Fsp3) is 0.375. The molecule has 0 saturated heterocycles. The summed E-state index contributed by atoms with van der Waals surface area (Å²) in [4.78, 5) is 10.8.